The summed E-state index contributed by atoms with van der Waals surface area (Å²) in [6.45, 7) is 1.23. The maximum atomic E-state index is 12.7. The molecule has 0 aromatic heterocycles. The fourth-order valence-corrected chi connectivity index (χ4v) is 4.02. The topological polar surface area (TPSA) is 61.9 Å². The van der Waals surface area contributed by atoms with Crippen molar-refractivity contribution < 1.29 is 23.1 Å². The van der Waals surface area contributed by atoms with Crippen molar-refractivity contribution in [2.24, 2.45) is 0 Å². The summed E-state index contributed by atoms with van der Waals surface area (Å²) in [5.74, 6) is -0.323. The number of carbonyl (C=O) groups is 2. The Hall–Kier alpha value is -3.00. The van der Waals surface area contributed by atoms with Crippen molar-refractivity contribution in [2.75, 3.05) is 31.5 Å². The first-order valence-electron chi connectivity index (χ1n) is 10.9. The number of ether oxygens (including phenoxy) is 1. The van der Waals surface area contributed by atoms with Gasteiger partial charge in [0.15, 0.2) is 0 Å². The van der Waals surface area contributed by atoms with Crippen LogP contribution in [0.4, 0.5) is 14.5 Å². The molecule has 0 atom stereocenters. The molecule has 0 unspecified atom stereocenters. The number of nitrogens with zero attached hydrogens (tertiary/aromatic N) is 2. The molecule has 172 valence electrons. The van der Waals surface area contributed by atoms with Crippen LogP contribution in [0.15, 0.2) is 54.6 Å². The van der Waals surface area contributed by atoms with Gasteiger partial charge in [-0.1, -0.05) is 37.3 Å². The van der Waals surface area contributed by atoms with Gasteiger partial charge in [-0.15, -0.1) is 0 Å². The molecule has 2 aromatic carbocycles. The zero-order valence-corrected chi connectivity index (χ0v) is 18.2. The first kappa shape index (κ1) is 23.7. The zero-order valence-electron chi connectivity index (χ0n) is 18.2. The quantitative estimate of drug-likeness (QED) is 0.627. The number of anilines is 1. The zero-order chi connectivity index (χ0) is 22.9. The van der Waals surface area contributed by atoms with Gasteiger partial charge in [-0.3, -0.25) is 14.5 Å². The van der Waals surface area contributed by atoms with Crippen molar-refractivity contribution in [3.8, 4) is 5.75 Å². The van der Waals surface area contributed by atoms with Crippen molar-refractivity contribution in [1.82, 2.24) is 9.80 Å². The van der Waals surface area contributed by atoms with Crippen LogP contribution in [0, 0.1) is 0 Å². The summed E-state index contributed by atoms with van der Waals surface area (Å²) in [5.41, 5.74) is 0.901. The van der Waals surface area contributed by atoms with E-state index >= 15 is 0 Å². The van der Waals surface area contributed by atoms with E-state index in [-0.39, 0.29) is 35.8 Å². The minimum Gasteiger partial charge on any atom is -0.433 e. The molecule has 0 spiro atoms. The molecule has 0 radical (unpaired) electrons. The van der Waals surface area contributed by atoms with E-state index in [4.69, 9.17) is 0 Å². The van der Waals surface area contributed by atoms with Crippen LogP contribution in [0.25, 0.3) is 0 Å². The second-order valence-corrected chi connectivity index (χ2v) is 7.78. The molecular formula is C24H29F2N3O3. The van der Waals surface area contributed by atoms with Gasteiger partial charge < -0.3 is 15.0 Å². The summed E-state index contributed by atoms with van der Waals surface area (Å²) < 4.78 is 29.7. The molecule has 1 aliphatic heterocycles. The molecule has 1 N–H and O–H groups in total. The molecule has 1 saturated heterocycles. The Bertz CT molecular complexity index is 887. The number of nitrogens with one attached hydrogen (secondary N) is 1. The second kappa shape index (κ2) is 11.6. The first-order chi connectivity index (χ1) is 15.5. The van der Waals surface area contributed by atoms with Crippen LogP contribution in [-0.4, -0.2) is 60.4 Å². The standard InChI is InChI=1S/C24H29F2N3O3/c1-2-14-29(17-22(30)27-20-10-6-7-11-21(20)32-24(25)26)19-12-15-28(16-13-19)23(31)18-8-4-3-5-9-18/h3-11,19,24H,2,12-17H2,1H3,(H,27,30). The van der Waals surface area contributed by atoms with Crippen LogP contribution in [-0.2, 0) is 4.79 Å². The first-order valence-corrected chi connectivity index (χ1v) is 10.9. The van der Waals surface area contributed by atoms with Gasteiger partial charge in [-0.2, -0.15) is 8.78 Å². The van der Waals surface area contributed by atoms with E-state index in [1.807, 2.05) is 42.2 Å². The predicted molar refractivity (Wildman–Crippen MR) is 119 cm³/mol. The molecular weight excluding hydrogens is 416 g/mol. The van der Waals surface area contributed by atoms with Crippen LogP contribution in [0.3, 0.4) is 0 Å². The number of carbonyl (C=O) groups excluding carboxylic acids is 2. The molecule has 8 heteroatoms. The van der Waals surface area contributed by atoms with E-state index in [0.717, 1.165) is 25.8 Å². The van der Waals surface area contributed by atoms with E-state index in [0.29, 0.717) is 18.7 Å². The normalized spacial score (nSPS) is 14.6. The lowest BCUT2D eigenvalue weighted by molar-refractivity contribution is -0.118. The third-order valence-electron chi connectivity index (χ3n) is 5.52. The van der Waals surface area contributed by atoms with Gasteiger partial charge >= 0.3 is 6.61 Å². The van der Waals surface area contributed by atoms with E-state index < -0.39 is 6.61 Å². The van der Waals surface area contributed by atoms with E-state index in [9.17, 15) is 18.4 Å². The number of para-hydroxylation sites is 2. The number of hydrogen-bond acceptors (Lipinski definition) is 4. The summed E-state index contributed by atoms with van der Waals surface area (Å²) in [4.78, 5) is 29.3. The number of likely N-dealkylation sites (tertiary alicyclic amines) is 1. The highest BCUT2D eigenvalue weighted by atomic mass is 19.3. The fourth-order valence-electron chi connectivity index (χ4n) is 4.02. The van der Waals surface area contributed by atoms with Crippen molar-refractivity contribution in [3.63, 3.8) is 0 Å². The summed E-state index contributed by atoms with van der Waals surface area (Å²) in [6, 6.07) is 15.5. The number of rotatable bonds is 9. The largest absolute Gasteiger partial charge is 0.433 e. The lowest BCUT2D eigenvalue weighted by Gasteiger charge is -2.38. The Kier molecular flexibility index (Phi) is 8.56. The van der Waals surface area contributed by atoms with Gasteiger partial charge in [-0.05, 0) is 50.1 Å². The number of benzene rings is 2. The third kappa shape index (κ3) is 6.50. The third-order valence-corrected chi connectivity index (χ3v) is 5.52. The van der Waals surface area contributed by atoms with E-state index in [1.165, 1.54) is 12.1 Å². The molecule has 2 aromatic rings. The van der Waals surface area contributed by atoms with Crippen molar-refractivity contribution in [2.45, 2.75) is 38.8 Å². The highest BCUT2D eigenvalue weighted by Gasteiger charge is 2.28. The number of amides is 2. The Balaban J connectivity index is 1.57. The fraction of sp³-hybridized carbons (Fsp3) is 0.417. The Morgan fingerprint density at radius 1 is 1.09 bits per heavy atom. The molecule has 0 bridgehead atoms. The minimum atomic E-state index is -2.96. The summed E-state index contributed by atoms with van der Waals surface area (Å²) in [7, 11) is 0. The van der Waals surface area contributed by atoms with Crippen molar-refractivity contribution >= 4 is 17.5 Å². The molecule has 0 saturated carbocycles. The van der Waals surface area contributed by atoms with Crippen LogP contribution in [0.2, 0.25) is 0 Å². The van der Waals surface area contributed by atoms with Crippen molar-refractivity contribution in [1.29, 1.82) is 0 Å². The average molecular weight is 446 g/mol. The number of piperidine rings is 1. The summed E-state index contributed by atoms with van der Waals surface area (Å²) in [5, 5.41) is 2.69. The van der Waals surface area contributed by atoms with Gasteiger partial charge in [0, 0.05) is 24.7 Å². The maximum absolute atomic E-state index is 12.7. The molecule has 0 aliphatic carbocycles. The maximum Gasteiger partial charge on any atom is 0.387 e. The average Bonchev–Trinajstić information content (AvgIpc) is 2.80. The highest BCUT2D eigenvalue weighted by Crippen LogP contribution is 2.26. The lowest BCUT2D eigenvalue weighted by atomic mass is 10.0. The monoisotopic (exact) mass is 445 g/mol. The van der Waals surface area contributed by atoms with E-state index in [1.54, 1.807) is 12.1 Å². The SMILES string of the molecule is CCCN(CC(=O)Nc1ccccc1OC(F)F)C1CCN(C(=O)c2ccccc2)CC1. The van der Waals surface area contributed by atoms with Crippen LogP contribution < -0.4 is 10.1 Å². The molecule has 3 rings (SSSR count). The van der Waals surface area contributed by atoms with Crippen molar-refractivity contribution in [3.05, 3.63) is 60.2 Å². The van der Waals surface area contributed by atoms with Gasteiger partial charge in [0.1, 0.15) is 5.75 Å². The molecule has 1 aliphatic rings. The van der Waals surface area contributed by atoms with Crippen LogP contribution in [0.1, 0.15) is 36.5 Å². The molecule has 2 amide bonds. The molecule has 32 heavy (non-hydrogen) atoms. The number of halogens is 2. The van der Waals surface area contributed by atoms with E-state index in [2.05, 4.69) is 15.0 Å². The molecule has 1 fully saturated rings. The molecule has 6 nitrogen and oxygen atoms in total. The smallest absolute Gasteiger partial charge is 0.387 e. The highest BCUT2D eigenvalue weighted by molar-refractivity contribution is 5.94. The van der Waals surface area contributed by atoms with Crippen LogP contribution in [0.5, 0.6) is 5.75 Å². The number of hydrogen-bond donors (Lipinski definition) is 1. The van der Waals surface area contributed by atoms with Gasteiger partial charge in [0.05, 0.1) is 12.2 Å². The summed E-state index contributed by atoms with van der Waals surface area (Å²) in [6.07, 6.45) is 2.43. The Labute approximate surface area is 187 Å². The van der Waals surface area contributed by atoms with Gasteiger partial charge in [-0.25, -0.2) is 0 Å². The van der Waals surface area contributed by atoms with Gasteiger partial charge in [0.25, 0.3) is 5.91 Å². The van der Waals surface area contributed by atoms with Gasteiger partial charge in [0.2, 0.25) is 5.91 Å². The number of alkyl halides is 2. The second-order valence-electron chi connectivity index (χ2n) is 7.78. The lowest BCUT2D eigenvalue weighted by Crippen LogP contribution is -2.49. The Morgan fingerprint density at radius 2 is 1.75 bits per heavy atom. The minimum absolute atomic E-state index is 0.0273. The van der Waals surface area contributed by atoms with Crippen LogP contribution >= 0.6 is 0 Å². The predicted octanol–water partition coefficient (Wildman–Crippen LogP) is 4.24. The molecule has 1 heterocycles. The summed E-state index contributed by atoms with van der Waals surface area (Å²) >= 11 is 0. The Morgan fingerprint density at radius 3 is 2.41 bits per heavy atom.